The molecule has 4 rings (SSSR count). The first-order valence-electron chi connectivity index (χ1n) is 13.9. The minimum absolute atomic E-state index is 0.0550. The molecule has 0 radical (unpaired) electrons. The monoisotopic (exact) mass is 593 g/mol. The van der Waals surface area contributed by atoms with Crippen molar-refractivity contribution >= 4 is 29.2 Å². The van der Waals surface area contributed by atoms with Crippen molar-refractivity contribution in [3.05, 3.63) is 74.6 Å². The van der Waals surface area contributed by atoms with E-state index in [2.05, 4.69) is 42.8 Å². The largest absolute Gasteiger partial charge is 0.488 e. The molecule has 1 heterocycles. The minimum Gasteiger partial charge on any atom is -0.488 e. The summed E-state index contributed by atoms with van der Waals surface area (Å²) in [5.41, 5.74) is 0.298. The Labute approximate surface area is 248 Å². The number of amides is 1. The third-order valence-electron chi connectivity index (χ3n) is 7.05. The summed E-state index contributed by atoms with van der Waals surface area (Å²) in [7, 11) is 0. The number of benzene rings is 1. The number of nitrogens with one attached hydrogen (secondary N) is 4. The number of alkyl halides is 1. The molecule has 228 valence electrons. The third kappa shape index (κ3) is 7.53. The fourth-order valence-corrected chi connectivity index (χ4v) is 4.33. The van der Waals surface area contributed by atoms with Crippen LogP contribution in [0.4, 0.5) is 27.7 Å². The van der Waals surface area contributed by atoms with Crippen LogP contribution in [0.2, 0.25) is 0 Å². The molecule has 1 aliphatic carbocycles. The third-order valence-corrected chi connectivity index (χ3v) is 7.05. The summed E-state index contributed by atoms with van der Waals surface area (Å²) < 4.78 is 23.1. The second-order valence-corrected chi connectivity index (χ2v) is 11.0. The number of hydrogen-bond acceptors (Lipinski definition) is 11. The van der Waals surface area contributed by atoms with Crippen molar-refractivity contribution in [1.29, 1.82) is 0 Å². The van der Waals surface area contributed by atoms with Gasteiger partial charge in [0, 0.05) is 24.3 Å². The minimum atomic E-state index is -1.09. The number of carbonyl (C=O) groups is 1. The second-order valence-electron chi connectivity index (χ2n) is 11.0. The highest BCUT2D eigenvalue weighted by Gasteiger charge is 2.45. The van der Waals surface area contributed by atoms with Gasteiger partial charge in [-0.05, 0) is 61.9 Å². The summed E-state index contributed by atoms with van der Waals surface area (Å²) in [4.78, 5) is 49.1. The number of rotatable bonds is 16. The van der Waals surface area contributed by atoms with Crippen molar-refractivity contribution in [3.63, 3.8) is 0 Å². The molecule has 0 bridgehead atoms. The van der Waals surface area contributed by atoms with Gasteiger partial charge in [0.1, 0.15) is 5.69 Å². The smallest absolute Gasteiger partial charge is 0.325 e. The topological polar surface area (TPSA) is 156 Å². The van der Waals surface area contributed by atoms with Crippen LogP contribution in [0.25, 0.3) is 0 Å². The molecule has 13 heteroatoms. The molecule has 0 unspecified atom stereocenters. The van der Waals surface area contributed by atoms with E-state index in [0.29, 0.717) is 24.3 Å². The molecular formula is C30H36FN7O5. The lowest BCUT2D eigenvalue weighted by molar-refractivity contribution is 0.0938. The number of aromatic nitrogens is 3. The van der Waals surface area contributed by atoms with Crippen LogP contribution >= 0.6 is 0 Å². The Hall–Kier alpha value is -4.81. The van der Waals surface area contributed by atoms with E-state index >= 15 is 0 Å². The number of carbonyl (C=O) groups excluding carboxylic acids is 1. The van der Waals surface area contributed by atoms with Gasteiger partial charge < -0.3 is 30.7 Å². The average molecular weight is 594 g/mol. The van der Waals surface area contributed by atoms with Gasteiger partial charge in [-0.15, -0.1) is 0 Å². The number of nitrogens with zero attached hydrogens (tertiary/aromatic N) is 3. The fourth-order valence-electron chi connectivity index (χ4n) is 4.33. The van der Waals surface area contributed by atoms with E-state index in [0.717, 1.165) is 18.4 Å². The Bertz CT molecular complexity index is 1570. The molecule has 1 amide bonds. The Morgan fingerprint density at radius 2 is 1.77 bits per heavy atom. The van der Waals surface area contributed by atoms with Crippen LogP contribution in [0.3, 0.4) is 0 Å². The van der Waals surface area contributed by atoms with Crippen LogP contribution in [0.15, 0.2) is 58.2 Å². The molecule has 0 saturated heterocycles. The van der Waals surface area contributed by atoms with Crippen LogP contribution in [0.5, 0.6) is 11.8 Å². The summed E-state index contributed by atoms with van der Waals surface area (Å²) >= 11 is 0. The van der Waals surface area contributed by atoms with Crippen LogP contribution in [-0.4, -0.2) is 53.0 Å². The summed E-state index contributed by atoms with van der Waals surface area (Å²) in [6.07, 6.45) is 5.42. The lowest BCUT2D eigenvalue weighted by atomic mass is 9.93. The summed E-state index contributed by atoms with van der Waals surface area (Å²) in [6, 6.07) is 6.49. The predicted octanol–water partition coefficient (Wildman–Crippen LogP) is 3.86. The highest BCUT2D eigenvalue weighted by Crippen LogP contribution is 2.44. The molecular weight excluding hydrogens is 557 g/mol. The number of halogens is 1. The molecule has 1 saturated carbocycles. The molecule has 2 aromatic carbocycles. The fraction of sp³-hybridized carbons (Fsp3) is 0.400. The van der Waals surface area contributed by atoms with Crippen molar-refractivity contribution in [2.45, 2.75) is 46.1 Å². The Balaban J connectivity index is 1.36. The van der Waals surface area contributed by atoms with E-state index in [1.165, 1.54) is 0 Å². The van der Waals surface area contributed by atoms with Gasteiger partial charge in [-0.2, -0.15) is 15.0 Å². The van der Waals surface area contributed by atoms with Crippen molar-refractivity contribution in [2.75, 3.05) is 42.5 Å². The van der Waals surface area contributed by atoms with Gasteiger partial charge in [0.25, 0.3) is 16.8 Å². The van der Waals surface area contributed by atoms with E-state index in [1.807, 2.05) is 26.8 Å². The lowest BCUT2D eigenvalue weighted by Crippen LogP contribution is -2.41. The maximum atomic E-state index is 12.9. The molecule has 12 nitrogen and oxygen atoms in total. The summed E-state index contributed by atoms with van der Waals surface area (Å²) in [5, 5.41) is 12.2. The molecule has 0 atom stereocenters. The zero-order chi connectivity index (χ0) is 31.2. The highest BCUT2D eigenvalue weighted by molar-refractivity contribution is 5.94. The Morgan fingerprint density at radius 1 is 1.07 bits per heavy atom. The number of anilines is 4. The van der Waals surface area contributed by atoms with Gasteiger partial charge in [-0.1, -0.05) is 32.6 Å². The van der Waals surface area contributed by atoms with Gasteiger partial charge in [0.2, 0.25) is 18.8 Å². The van der Waals surface area contributed by atoms with Gasteiger partial charge in [0.15, 0.2) is 5.75 Å². The van der Waals surface area contributed by atoms with E-state index in [4.69, 9.17) is 9.47 Å². The first-order valence-corrected chi connectivity index (χ1v) is 13.9. The first-order chi connectivity index (χ1) is 20.5. The van der Waals surface area contributed by atoms with Crippen LogP contribution in [-0.2, 0) is 0 Å². The molecule has 1 aliphatic rings. The Kier molecular flexibility index (Phi) is 9.42. The van der Waals surface area contributed by atoms with Gasteiger partial charge in [-0.25, -0.2) is 4.39 Å². The maximum absolute atomic E-state index is 12.9. The van der Waals surface area contributed by atoms with Gasteiger partial charge in [-0.3, -0.25) is 14.4 Å². The van der Waals surface area contributed by atoms with Crippen molar-refractivity contribution in [3.8, 4) is 11.8 Å². The quantitative estimate of drug-likeness (QED) is 0.141. The van der Waals surface area contributed by atoms with E-state index in [-0.39, 0.29) is 47.4 Å². The zero-order valence-electron chi connectivity index (χ0n) is 24.7. The first kappa shape index (κ1) is 31.1. The lowest BCUT2D eigenvalue weighted by Gasteiger charge is -2.26. The molecule has 1 fully saturated rings. The van der Waals surface area contributed by atoms with E-state index in [9.17, 15) is 18.8 Å². The van der Waals surface area contributed by atoms with Crippen molar-refractivity contribution in [1.82, 2.24) is 20.3 Å². The maximum Gasteiger partial charge on any atom is 0.325 e. The van der Waals surface area contributed by atoms with E-state index in [1.54, 1.807) is 37.3 Å². The number of ether oxygens (including phenoxy) is 2. The zero-order valence-corrected chi connectivity index (χ0v) is 24.7. The second kappa shape index (κ2) is 13.0. The average Bonchev–Trinajstić information content (AvgIpc) is 3.76. The number of hydrogen-bond donors (Lipinski definition) is 4. The van der Waals surface area contributed by atoms with E-state index < -0.39 is 23.1 Å². The SMILES string of the molecule is C=C/C=C(\C)C1(Nc2nc(Nc3ccc(C(=O)NCC(C)(C)CNc4c(OCC)c(=O)c4=O)cc3)nc(OCF)n2)CC1. The van der Waals surface area contributed by atoms with Gasteiger partial charge in [0.05, 0.1) is 12.1 Å². The standard InChI is InChI=1S/C30H36FN7O5/c1-6-8-18(3)30(13-14-30)38-27-35-26(36-28(37-27)43-17-31)34-20-11-9-19(10-12-20)25(41)33-16-29(4,5)15-32-21-22(39)23(40)24(21)42-7-2/h6,8-12,32H,1,7,13-17H2,2-5H3,(H,33,41)(H2,34,35,36,37,38)/b18-8+. The molecule has 4 N–H and O–H groups in total. The van der Waals surface area contributed by atoms with Crippen LogP contribution < -0.4 is 41.6 Å². The summed E-state index contributed by atoms with van der Waals surface area (Å²) in [6.45, 7) is 11.1. The van der Waals surface area contributed by atoms with Crippen molar-refractivity contribution < 1.29 is 18.7 Å². The molecule has 0 spiro atoms. The van der Waals surface area contributed by atoms with Crippen LogP contribution in [0, 0.1) is 5.41 Å². The number of allylic oxidation sites excluding steroid dienone is 2. The summed E-state index contributed by atoms with van der Waals surface area (Å²) in [5.74, 6) is 0.149. The van der Waals surface area contributed by atoms with Crippen LogP contribution in [0.1, 0.15) is 50.9 Å². The molecule has 3 aromatic rings. The highest BCUT2D eigenvalue weighted by atomic mass is 19.1. The molecule has 0 aliphatic heterocycles. The van der Waals surface area contributed by atoms with Gasteiger partial charge >= 0.3 is 6.01 Å². The van der Waals surface area contributed by atoms with Crippen molar-refractivity contribution in [2.24, 2.45) is 5.41 Å². The molecule has 1 aromatic heterocycles. The predicted molar refractivity (Wildman–Crippen MR) is 163 cm³/mol. The normalized spacial score (nSPS) is 14.1. The Morgan fingerprint density at radius 3 is 2.40 bits per heavy atom. The molecule has 43 heavy (non-hydrogen) atoms.